The number of hydrogen-bond acceptors (Lipinski definition) is 5. The quantitative estimate of drug-likeness (QED) is 0.685. The van der Waals surface area contributed by atoms with E-state index in [0.29, 0.717) is 16.3 Å². The van der Waals surface area contributed by atoms with Crippen LogP contribution in [-0.2, 0) is 6.18 Å². The molecule has 26 heavy (non-hydrogen) atoms. The number of halogens is 3. The van der Waals surface area contributed by atoms with Crippen molar-refractivity contribution in [2.45, 2.75) is 13.1 Å². The molecule has 0 bridgehead atoms. The number of anilines is 1. The summed E-state index contributed by atoms with van der Waals surface area (Å²) in [6.07, 6.45) is -0.0980. The molecule has 1 amide bonds. The van der Waals surface area contributed by atoms with Crippen LogP contribution in [0.1, 0.15) is 21.1 Å². The zero-order valence-electron chi connectivity index (χ0n) is 13.8. The Morgan fingerprint density at radius 2 is 1.81 bits per heavy atom. The minimum absolute atomic E-state index is 0.0935. The smallest absolute Gasteiger partial charge is 0.300 e. The predicted octanol–water partition coefficient (Wildman–Crippen LogP) is 4.20. The number of benzene rings is 1. The van der Waals surface area contributed by atoms with E-state index in [4.69, 9.17) is 0 Å². The summed E-state index contributed by atoms with van der Waals surface area (Å²) in [6, 6.07) is 4.55. The van der Waals surface area contributed by atoms with Gasteiger partial charge in [0, 0.05) is 12.6 Å². The lowest BCUT2D eigenvalue weighted by molar-refractivity contribution is -0.137. The molecule has 0 fully saturated rings. The summed E-state index contributed by atoms with van der Waals surface area (Å²) in [7, 11) is 1.60. The van der Waals surface area contributed by atoms with E-state index in [1.807, 2.05) is 6.92 Å². The zero-order valence-corrected chi connectivity index (χ0v) is 14.6. The van der Waals surface area contributed by atoms with Crippen LogP contribution >= 0.6 is 11.3 Å². The van der Waals surface area contributed by atoms with Crippen LogP contribution in [0, 0.1) is 6.92 Å². The molecule has 0 atom stereocenters. The minimum atomic E-state index is -4.41. The van der Waals surface area contributed by atoms with Crippen LogP contribution in [0.4, 0.5) is 18.2 Å². The molecule has 2 heterocycles. The normalized spacial score (nSPS) is 11.4. The summed E-state index contributed by atoms with van der Waals surface area (Å²) < 4.78 is 38.0. The third kappa shape index (κ3) is 3.72. The molecule has 3 aromatic rings. The number of amides is 1. The van der Waals surface area contributed by atoms with Gasteiger partial charge in [0.05, 0.1) is 34.9 Å². The second-order valence-electron chi connectivity index (χ2n) is 5.45. The van der Waals surface area contributed by atoms with Crippen LogP contribution in [-0.4, -0.2) is 27.9 Å². The number of rotatable bonds is 3. The van der Waals surface area contributed by atoms with Crippen LogP contribution in [0.25, 0.3) is 11.3 Å². The molecule has 2 aromatic heterocycles. The number of alkyl halides is 3. The molecule has 1 aromatic carbocycles. The van der Waals surface area contributed by atoms with Crippen molar-refractivity contribution in [1.82, 2.24) is 15.0 Å². The van der Waals surface area contributed by atoms with E-state index in [1.165, 1.54) is 40.8 Å². The highest BCUT2D eigenvalue weighted by Crippen LogP contribution is 2.30. The zero-order chi connectivity index (χ0) is 18.9. The molecule has 0 aliphatic carbocycles. The largest absolute Gasteiger partial charge is 0.416 e. The first kappa shape index (κ1) is 18.0. The Kier molecular flexibility index (Phi) is 4.73. The van der Waals surface area contributed by atoms with Crippen LogP contribution in [0.15, 0.2) is 42.9 Å². The van der Waals surface area contributed by atoms with Gasteiger partial charge in [-0.2, -0.15) is 13.2 Å². The number of nitrogens with zero attached hydrogens (tertiary/aromatic N) is 4. The molecule has 0 aliphatic heterocycles. The van der Waals surface area contributed by atoms with E-state index in [0.717, 1.165) is 17.1 Å². The van der Waals surface area contributed by atoms with Gasteiger partial charge in [-0.3, -0.25) is 9.78 Å². The Labute approximate surface area is 151 Å². The Hall–Kier alpha value is -2.81. The van der Waals surface area contributed by atoms with Gasteiger partial charge in [-0.1, -0.05) is 12.1 Å². The highest BCUT2D eigenvalue weighted by Gasteiger charge is 2.30. The van der Waals surface area contributed by atoms with Crippen molar-refractivity contribution in [3.05, 3.63) is 59.1 Å². The molecule has 0 saturated carbocycles. The average molecular weight is 378 g/mol. The fourth-order valence-electron chi connectivity index (χ4n) is 2.22. The lowest BCUT2D eigenvalue weighted by Crippen LogP contribution is -2.26. The van der Waals surface area contributed by atoms with Crippen molar-refractivity contribution >= 4 is 22.2 Å². The SMILES string of the molecule is Cc1ncc(N(C)C(=O)c2cncc(-c3ccc(C(F)(F)F)cc3)n2)s1. The van der Waals surface area contributed by atoms with E-state index in [2.05, 4.69) is 15.0 Å². The number of carbonyl (C=O) groups excluding carboxylic acids is 1. The van der Waals surface area contributed by atoms with Gasteiger partial charge in [0.15, 0.2) is 0 Å². The second kappa shape index (κ2) is 6.83. The maximum atomic E-state index is 12.7. The number of carbonyl (C=O) groups is 1. The summed E-state index contributed by atoms with van der Waals surface area (Å²) in [5.41, 5.74) is 0.104. The van der Waals surface area contributed by atoms with Crippen molar-refractivity contribution < 1.29 is 18.0 Å². The number of hydrogen-bond donors (Lipinski definition) is 0. The highest BCUT2D eigenvalue weighted by atomic mass is 32.1. The van der Waals surface area contributed by atoms with E-state index < -0.39 is 11.7 Å². The maximum Gasteiger partial charge on any atom is 0.416 e. The summed E-state index contributed by atoms with van der Waals surface area (Å²) in [5, 5.41) is 1.48. The standard InChI is InChI=1S/C17H13F3N4OS/c1-10-22-9-15(26-10)24(2)16(25)14-8-21-7-13(23-14)11-3-5-12(6-4-11)17(18,19)20/h3-9H,1-2H3. The number of thiazole rings is 1. The molecule has 0 unspecified atom stereocenters. The van der Waals surface area contributed by atoms with Crippen LogP contribution in [0.2, 0.25) is 0 Å². The molecular weight excluding hydrogens is 365 g/mol. The summed E-state index contributed by atoms with van der Waals surface area (Å²) in [4.78, 5) is 26.3. The molecule has 5 nitrogen and oxygen atoms in total. The molecular formula is C17H13F3N4OS. The fourth-order valence-corrected chi connectivity index (χ4v) is 2.95. The summed E-state index contributed by atoms with van der Waals surface area (Å²) in [5.74, 6) is -0.380. The van der Waals surface area contributed by atoms with Gasteiger partial charge in [-0.15, -0.1) is 11.3 Å². The lowest BCUT2D eigenvalue weighted by atomic mass is 10.1. The topological polar surface area (TPSA) is 59.0 Å². The molecule has 134 valence electrons. The Morgan fingerprint density at radius 1 is 1.12 bits per heavy atom. The Balaban J connectivity index is 1.87. The Morgan fingerprint density at radius 3 is 2.38 bits per heavy atom. The highest BCUT2D eigenvalue weighted by molar-refractivity contribution is 7.15. The molecule has 0 N–H and O–H groups in total. The monoisotopic (exact) mass is 378 g/mol. The van der Waals surface area contributed by atoms with Gasteiger partial charge in [0.2, 0.25) is 0 Å². The average Bonchev–Trinajstić information content (AvgIpc) is 3.06. The van der Waals surface area contributed by atoms with Crippen LogP contribution in [0.5, 0.6) is 0 Å². The van der Waals surface area contributed by atoms with Gasteiger partial charge in [0.1, 0.15) is 10.7 Å². The van der Waals surface area contributed by atoms with Gasteiger partial charge < -0.3 is 4.90 Å². The number of aryl methyl sites for hydroxylation is 1. The van der Waals surface area contributed by atoms with Crippen molar-refractivity contribution in [3.8, 4) is 11.3 Å². The van der Waals surface area contributed by atoms with Crippen molar-refractivity contribution in [2.75, 3.05) is 11.9 Å². The second-order valence-corrected chi connectivity index (χ2v) is 6.66. The summed E-state index contributed by atoms with van der Waals surface area (Å²) in [6.45, 7) is 1.83. The molecule has 0 saturated heterocycles. The van der Waals surface area contributed by atoms with Crippen LogP contribution < -0.4 is 4.90 Å². The summed E-state index contributed by atoms with van der Waals surface area (Å²) >= 11 is 1.36. The Bertz CT molecular complexity index is 938. The lowest BCUT2D eigenvalue weighted by Gasteiger charge is -2.14. The molecule has 9 heteroatoms. The minimum Gasteiger partial charge on any atom is -0.300 e. The van der Waals surface area contributed by atoms with Crippen molar-refractivity contribution in [3.63, 3.8) is 0 Å². The van der Waals surface area contributed by atoms with Gasteiger partial charge in [-0.25, -0.2) is 9.97 Å². The van der Waals surface area contributed by atoms with E-state index in [9.17, 15) is 18.0 Å². The maximum absolute atomic E-state index is 12.7. The first-order valence-corrected chi connectivity index (χ1v) is 8.27. The van der Waals surface area contributed by atoms with Gasteiger partial charge in [-0.05, 0) is 19.1 Å². The predicted molar refractivity (Wildman–Crippen MR) is 92.1 cm³/mol. The van der Waals surface area contributed by atoms with Gasteiger partial charge >= 0.3 is 6.18 Å². The molecule has 3 rings (SSSR count). The third-order valence-electron chi connectivity index (χ3n) is 3.61. The van der Waals surface area contributed by atoms with Crippen LogP contribution in [0.3, 0.4) is 0 Å². The van der Waals surface area contributed by atoms with E-state index in [1.54, 1.807) is 13.2 Å². The fraction of sp³-hybridized carbons (Fsp3) is 0.176. The van der Waals surface area contributed by atoms with Crippen molar-refractivity contribution in [2.24, 2.45) is 0 Å². The molecule has 0 spiro atoms. The van der Waals surface area contributed by atoms with Gasteiger partial charge in [0.25, 0.3) is 5.91 Å². The van der Waals surface area contributed by atoms with Crippen molar-refractivity contribution in [1.29, 1.82) is 0 Å². The first-order chi connectivity index (χ1) is 12.3. The van der Waals surface area contributed by atoms with E-state index in [-0.39, 0.29) is 11.6 Å². The molecule has 0 aliphatic rings. The first-order valence-electron chi connectivity index (χ1n) is 7.46. The van der Waals surface area contributed by atoms with E-state index >= 15 is 0 Å². The third-order valence-corrected chi connectivity index (χ3v) is 4.60. The number of aromatic nitrogens is 3. The molecule has 0 radical (unpaired) electrons.